The minimum absolute atomic E-state index is 0.00624. The topological polar surface area (TPSA) is 73.8 Å². The summed E-state index contributed by atoms with van der Waals surface area (Å²) in [6.07, 6.45) is 0.696. The van der Waals surface area contributed by atoms with Crippen LogP contribution in [0, 0.1) is 11.7 Å². The quantitative estimate of drug-likeness (QED) is 0.540. The highest BCUT2D eigenvalue weighted by Crippen LogP contribution is 2.48. The van der Waals surface area contributed by atoms with E-state index in [-0.39, 0.29) is 23.6 Å². The van der Waals surface area contributed by atoms with E-state index in [9.17, 15) is 14.3 Å². The van der Waals surface area contributed by atoms with Crippen molar-refractivity contribution >= 4 is 5.91 Å². The molecule has 0 saturated carbocycles. The Morgan fingerprint density at radius 1 is 1.00 bits per heavy atom. The van der Waals surface area contributed by atoms with Gasteiger partial charge in [0.1, 0.15) is 23.4 Å². The molecule has 3 aromatic carbocycles. The molecule has 5 rings (SSSR count). The Morgan fingerprint density at radius 2 is 1.73 bits per heavy atom. The summed E-state index contributed by atoms with van der Waals surface area (Å²) in [7, 11) is 1.63. The van der Waals surface area contributed by atoms with E-state index in [1.807, 2.05) is 59.5 Å². The van der Waals surface area contributed by atoms with Gasteiger partial charge in [-0.1, -0.05) is 42.5 Å². The van der Waals surface area contributed by atoms with Crippen LogP contribution in [-0.4, -0.2) is 35.6 Å². The molecule has 0 radical (unpaired) electrons. The monoisotopic (exact) mass is 447 g/mol. The van der Waals surface area contributed by atoms with Crippen LogP contribution in [0.5, 0.6) is 11.5 Å². The molecule has 0 spiro atoms. The molecular weight excluding hydrogens is 421 g/mol. The van der Waals surface area contributed by atoms with Gasteiger partial charge in [0.05, 0.1) is 19.2 Å². The number of nitrogens with one attached hydrogen (secondary N) is 2. The smallest absolute Gasteiger partial charge is 0.242 e. The summed E-state index contributed by atoms with van der Waals surface area (Å²) >= 11 is 0. The van der Waals surface area contributed by atoms with E-state index in [4.69, 9.17) is 4.74 Å². The number of benzene rings is 3. The number of carbonyl (C=O) groups excluding carboxylic acids is 1. The summed E-state index contributed by atoms with van der Waals surface area (Å²) in [4.78, 5) is 15.4. The summed E-state index contributed by atoms with van der Waals surface area (Å²) in [6.45, 7) is 0.543. The van der Waals surface area contributed by atoms with Crippen LogP contribution in [0.15, 0.2) is 72.8 Å². The molecule has 7 heteroatoms. The van der Waals surface area contributed by atoms with Crippen LogP contribution in [0.1, 0.15) is 28.8 Å². The molecule has 6 nitrogen and oxygen atoms in total. The van der Waals surface area contributed by atoms with E-state index < -0.39 is 17.9 Å². The van der Waals surface area contributed by atoms with Gasteiger partial charge in [-0.15, -0.1) is 0 Å². The molecule has 0 aliphatic carbocycles. The number of hydrogen-bond acceptors (Lipinski definition) is 5. The lowest BCUT2D eigenvalue weighted by Gasteiger charge is -2.31. The van der Waals surface area contributed by atoms with Crippen molar-refractivity contribution in [2.24, 2.45) is 5.92 Å². The van der Waals surface area contributed by atoms with Gasteiger partial charge in [0.2, 0.25) is 5.91 Å². The molecular formula is C26H26FN3O3. The maximum absolute atomic E-state index is 14.0. The van der Waals surface area contributed by atoms with E-state index in [0.29, 0.717) is 18.5 Å². The Balaban J connectivity index is 1.48. The minimum atomic E-state index is -0.473. The third-order valence-corrected chi connectivity index (χ3v) is 6.68. The first-order valence-electron chi connectivity index (χ1n) is 11.0. The number of fused-ring (bicyclic) bond motifs is 1. The van der Waals surface area contributed by atoms with Crippen LogP contribution in [0.25, 0.3) is 0 Å². The Bertz CT molecular complexity index is 1140. The number of nitrogens with zero attached hydrogens (tertiary/aromatic N) is 1. The SMILES string of the molecule is COc1ccc(CCN2C(=O)C3NNC(c4cc(F)ccc4O)C3C2c2ccccc2)cc1. The summed E-state index contributed by atoms with van der Waals surface area (Å²) in [5, 5.41) is 10.5. The average Bonchev–Trinajstić information content (AvgIpc) is 3.39. The van der Waals surface area contributed by atoms with Gasteiger partial charge < -0.3 is 14.7 Å². The lowest BCUT2D eigenvalue weighted by Crippen LogP contribution is -2.42. The van der Waals surface area contributed by atoms with Crippen LogP contribution in [0.2, 0.25) is 0 Å². The maximum atomic E-state index is 14.0. The number of phenolic OH excluding ortho intramolecular Hbond substituents is 1. The first-order valence-corrected chi connectivity index (χ1v) is 11.0. The number of ether oxygens (including phenoxy) is 1. The van der Waals surface area contributed by atoms with E-state index in [2.05, 4.69) is 10.9 Å². The fourth-order valence-corrected chi connectivity index (χ4v) is 5.08. The molecule has 2 heterocycles. The fraction of sp³-hybridized carbons (Fsp3) is 0.269. The molecule has 2 fully saturated rings. The highest BCUT2D eigenvalue weighted by atomic mass is 19.1. The predicted molar refractivity (Wildman–Crippen MR) is 122 cm³/mol. The van der Waals surface area contributed by atoms with Crippen molar-refractivity contribution in [1.29, 1.82) is 0 Å². The fourth-order valence-electron chi connectivity index (χ4n) is 5.08. The minimum Gasteiger partial charge on any atom is -0.508 e. The van der Waals surface area contributed by atoms with Crippen LogP contribution < -0.4 is 15.6 Å². The van der Waals surface area contributed by atoms with Gasteiger partial charge in [-0.2, -0.15) is 0 Å². The van der Waals surface area contributed by atoms with Gasteiger partial charge >= 0.3 is 0 Å². The number of phenols is 1. The zero-order valence-electron chi connectivity index (χ0n) is 18.2. The normalized spacial score (nSPS) is 24.2. The number of aromatic hydroxyl groups is 1. The lowest BCUT2D eigenvalue weighted by molar-refractivity contribution is -0.130. The Kier molecular flexibility index (Phi) is 5.74. The molecule has 3 aromatic rings. The largest absolute Gasteiger partial charge is 0.508 e. The van der Waals surface area contributed by atoms with Crippen molar-refractivity contribution in [2.45, 2.75) is 24.5 Å². The number of amides is 1. The van der Waals surface area contributed by atoms with Crippen LogP contribution >= 0.6 is 0 Å². The molecule has 2 saturated heterocycles. The van der Waals surface area contributed by atoms with Crippen LogP contribution in [-0.2, 0) is 11.2 Å². The van der Waals surface area contributed by atoms with Crippen molar-refractivity contribution in [2.75, 3.05) is 13.7 Å². The molecule has 33 heavy (non-hydrogen) atoms. The van der Waals surface area contributed by atoms with Crippen molar-refractivity contribution in [3.05, 3.63) is 95.3 Å². The number of methoxy groups -OCH3 is 1. The average molecular weight is 448 g/mol. The second-order valence-electron chi connectivity index (χ2n) is 8.51. The molecule has 1 amide bonds. The van der Waals surface area contributed by atoms with Crippen molar-refractivity contribution in [1.82, 2.24) is 15.8 Å². The number of carbonyl (C=O) groups is 1. The number of likely N-dealkylation sites (tertiary alicyclic amines) is 1. The van der Waals surface area contributed by atoms with Crippen LogP contribution in [0.3, 0.4) is 0 Å². The Hall–Kier alpha value is -3.42. The third kappa shape index (κ3) is 3.94. The van der Waals surface area contributed by atoms with E-state index in [0.717, 1.165) is 16.9 Å². The standard InChI is InChI=1S/C26H26FN3O3/c1-33-19-10-7-16(8-11-19)13-14-30-25(17-5-3-2-4-6-17)22-23(28-29-24(22)26(30)32)20-15-18(27)9-12-21(20)31/h2-12,15,22-25,28-29,31H,13-14H2,1H3. The van der Waals surface area contributed by atoms with Gasteiger partial charge in [0.15, 0.2) is 0 Å². The molecule has 0 bridgehead atoms. The molecule has 170 valence electrons. The van der Waals surface area contributed by atoms with Gasteiger partial charge in [0.25, 0.3) is 0 Å². The number of hydrogen-bond donors (Lipinski definition) is 3. The molecule has 3 N–H and O–H groups in total. The van der Waals surface area contributed by atoms with E-state index in [1.54, 1.807) is 7.11 Å². The molecule has 2 aliphatic rings. The third-order valence-electron chi connectivity index (χ3n) is 6.68. The highest BCUT2D eigenvalue weighted by molar-refractivity contribution is 5.86. The van der Waals surface area contributed by atoms with Crippen molar-refractivity contribution in [3.8, 4) is 11.5 Å². The van der Waals surface area contributed by atoms with E-state index in [1.165, 1.54) is 18.2 Å². The zero-order valence-corrected chi connectivity index (χ0v) is 18.2. The molecule has 4 atom stereocenters. The summed E-state index contributed by atoms with van der Waals surface area (Å²) < 4.78 is 19.3. The number of halogens is 1. The molecule has 2 aliphatic heterocycles. The van der Waals surface area contributed by atoms with Gasteiger partial charge in [0, 0.05) is 18.0 Å². The van der Waals surface area contributed by atoms with Crippen LogP contribution in [0.4, 0.5) is 4.39 Å². The van der Waals surface area contributed by atoms with Gasteiger partial charge in [-0.25, -0.2) is 15.2 Å². The Morgan fingerprint density at radius 3 is 2.45 bits per heavy atom. The highest BCUT2D eigenvalue weighted by Gasteiger charge is 2.55. The second-order valence-corrected chi connectivity index (χ2v) is 8.51. The number of rotatable bonds is 6. The lowest BCUT2D eigenvalue weighted by atomic mass is 9.83. The molecule has 4 unspecified atom stereocenters. The summed E-state index contributed by atoms with van der Waals surface area (Å²) in [5.41, 5.74) is 8.83. The first-order chi connectivity index (χ1) is 16.1. The first kappa shape index (κ1) is 21.4. The second kappa shape index (κ2) is 8.84. The molecule has 0 aromatic heterocycles. The number of hydrazine groups is 1. The van der Waals surface area contributed by atoms with Crippen molar-refractivity contribution in [3.63, 3.8) is 0 Å². The van der Waals surface area contributed by atoms with Crippen molar-refractivity contribution < 1.29 is 19.0 Å². The summed E-state index contributed by atoms with van der Waals surface area (Å²) in [5.74, 6) is 0.148. The maximum Gasteiger partial charge on any atom is 0.242 e. The van der Waals surface area contributed by atoms with E-state index >= 15 is 0 Å². The zero-order chi connectivity index (χ0) is 22.9. The predicted octanol–water partition coefficient (Wildman–Crippen LogP) is 3.50. The van der Waals surface area contributed by atoms with Gasteiger partial charge in [-0.05, 0) is 47.9 Å². The van der Waals surface area contributed by atoms with Gasteiger partial charge in [-0.3, -0.25) is 4.79 Å². The summed E-state index contributed by atoms with van der Waals surface area (Å²) in [6, 6.07) is 20.5. The Labute approximate surface area is 192 Å².